The zero-order chi connectivity index (χ0) is 12.2. The summed E-state index contributed by atoms with van der Waals surface area (Å²) in [6.45, 7) is 10.3. The first-order valence-electron chi connectivity index (χ1n) is 6.43. The molecule has 0 bridgehead atoms. The van der Waals surface area contributed by atoms with E-state index in [1.165, 1.54) is 0 Å². The number of hydrogen-bond donors (Lipinski definition) is 2. The van der Waals surface area contributed by atoms with Crippen LogP contribution in [0.4, 0.5) is 0 Å². The van der Waals surface area contributed by atoms with Crippen molar-refractivity contribution in [3.05, 3.63) is 0 Å². The van der Waals surface area contributed by atoms with Gasteiger partial charge in [0.2, 0.25) is 0 Å². The zero-order valence-corrected chi connectivity index (χ0v) is 11.4. The lowest BCUT2D eigenvalue weighted by atomic mass is 9.68. The van der Waals surface area contributed by atoms with E-state index in [9.17, 15) is 0 Å². The van der Waals surface area contributed by atoms with Crippen LogP contribution in [0.3, 0.4) is 0 Å². The third-order valence-electron chi connectivity index (χ3n) is 4.40. The quantitative estimate of drug-likeness (QED) is 0.653. The van der Waals surface area contributed by atoms with Crippen molar-refractivity contribution in [2.75, 3.05) is 13.6 Å². The van der Waals surface area contributed by atoms with Crippen LogP contribution in [-0.4, -0.2) is 41.2 Å². The number of nitrogens with two attached hydrogens (primary N) is 1. The maximum Gasteiger partial charge on any atom is 0.0392 e. The van der Waals surface area contributed by atoms with Crippen LogP contribution < -0.4 is 11.1 Å². The van der Waals surface area contributed by atoms with Crippen LogP contribution in [0.25, 0.3) is 0 Å². The van der Waals surface area contributed by atoms with Crippen LogP contribution in [0.2, 0.25) is 0 Å². The van der Waals surface area contributed by atoms with Gasteiger partial charge in [-0.25, -0.2) is 0 Å². The second kappa shape index (κ2) is 3.44. The Morgan fingerprint density at radius 2 is 1.62 bits per heavy atom. The van der Waals surface area contributed by atoms with Gasteiger partial charge in [-0.3, -0.25) is 4.90 Å². The third kappa shape index (κ3) is 1.89. The fourth-order valence-corrected chi connectivity index (χ4v) is 4.24. The third-order valence-corrected chi connectivity index (χ3v) is 4.40. The molecule has 0 aliphatic carbocycles. The van der Waals surface area contributed by atoms with E-state index in [4.69, 9.17) is 5.73 Å². The van der Waals surface area contributed by atoms with Gasteiger partial charge in [0, 0.05) is 22.7 Å². The summed E-state index contributed by atoms with van der Waals surface area (Å²) in [5.41, 5.74) is 6.97. The van der Waals surface area contributed by atoms with E-state index in [-0.39, 0.29) is 16.6 Å². The topological polar surface area (TPSA) is 41.3 Å². The lowest BCUT2D eigenvalue weighted by Crippen LogP contribution is -2.69. The van der Waals surface area contributed by atoms with Crippen LogP contribution in [0.1, 0.15) is 47.0 Å². The number of likely N-dealkylation sites (tertiary alicyclic amines) is 1. The van der Waals surface area contributed by atoms with Gasteiger partial charge in [0.05, 0.1) is 0 Å². The molecule has 2 fully saturated rings. The molecule has 0 amide bonds. The minimum absolute atomic E-state index is 0.179. The molecule has 1 atom stereocenters. The van der Waals surface area contributed by atoms with Gasteiger partial charge >= 0.3 is 0 Å². The van der Waals surface area contributed by atoms with Crippen molar-refractivity contribution in [2.45, 2.75) is 69.6 Å². The number of hydrogen-bond acceptors (Lipinski definition) is 3. The van der Waals surface area contributed by atoms with Gasteiger partial charge in [0.1, 0.15) is 0 Å². The predicted octanol–water partition coefficient (Wildman–Crippen LogP) is 1.33. The standard InChI is InChI=1S/C13H27N3/c1-11(2)8-13(9-12(3,4)15-11)10(14)6-7-16(13)5/h10,15H,6-9,14H2,1-5H3. The highest BCUT2D eigenvalue weighted by Gasteiger charge is 2.54. The van der Waals surface area contributed by atoms with Gasteiger partial charge in [-0.2, -0.15) is 0 Å². The van der Waals surface area contributed by atoms with Crippen LogP contribution in [0, 0.1) is 0 Å². The minimum atomic E-state index is 0.179. The van der Waals surface area contributed by atoms with Crippen LogP contribution in [0.5, 0.6) is 0 Å². The molecular formula is C13H27N3. The number of nitrogens with one attached hydrogen (secondary N) is 1. The molecule has 0 aromatic heterocycles. The molecular weight excluding hydrogens is 198 g/mol. The molecule has 1 spiro atoms. The molecule has 3 N–H and O–H groups in total. The highest BCUT2D eigenvalue weighted by atomic mass is 15.3. The van der Waals surface area contributed by atoms with E-state index >= 15 is 0 Å². The summed E-state index contributed by atoms with van der Waals surface area (Å²) < 4.78 is 0. The molecule has 94 valence electrons. The maximum absolute atomic E-state index is 6.41. The van der Waals surface area contributed by atoms with Crippen molar-refractivity contribution in [1.82, 2.24) is 10.2 Å². The zero-order valence-electron chi connectivity index (χ0n) is 11.4. The van der Waals surface area contributed by atoms with Crippen LogP contribution >= 0.6 is 0 Å². The minimum Gasteiger partial charge on any atom is -0.326 e. The van der Waals surface area contributed by atoms with Crippen molar-refractivity contribution in [3.63, 3.8) is 0 Å². The lowest BCUT2D eigenvalue weighted by Gasteiger charge is -2.55. The Hall–Kier alpha value is -0.120. The Morgan fingerprint density at radius 3 is 2.00 bits per heavy atom. The maximum atomic E-state index is 6.41. The van der Waals surface area contributed by atoms with Crippen molar-refractivity contribution in [1.29, 1.82) is 0 Å². The summed E-state index contributed by atoms with van der Waals surface area (Å²) in [7, 11) is 2.24. The monoisotopic (exact) mass is 225 g/mol. The SMILES string of the molecule is CN1CCC(N)C12CC(C)(C)NC(C)(C)C2. The number of piperidine rings is 1. The first-order valence-corrected chi connectivity index (χ1v) is 6.43. The molecule has 0 aromatic rings. The second-order valence-corrected chi connectivity index (χ2v) is 7.17. The molecule has 3 heteroatoms. The first-order chi connectivity index (χ1) is 7.17. The Balaban J connectivity index is 2.33. The normalized spacial score (nSPS) is 36.8. The second-order valence-electron chi connectivity index (χ2n) is 7.17. The largest absolute Gasteiger partial charge is 0.326 e. The number of rotatable bonds is 0. The molecule has 1 unspecified atom stereocenters. The predicted molar refractivity (Wildman–Crippen MR) is 68.5 cm³/mol. The summed E-state index contributed by atoms with van der Waals surface area (Å²) in [5.74, 6) is 0. The Kier molecular flexibility index (Phi) is 2.65. The van der Waals surface area contributed by atoms with E-state index in [0.717, 1.165) is 25.8 Å². The molecule has 0 saturated carbocycles. The highest BCUT2D eigenvalue weighted by Crippen LogP contribution is 2.44. The van der Waals surface area contributed by atoms with Crippen molar-refractivity contribution < 1.29 is 0 Å². The Morgan fingerprint density at radius 1 is 1.12 bits per heavy atom. The summed E-state index contributed by atoms with van der Waals surface area (Å²) >= 11 is 0. The molecule has 2 aliphatic rings. The molecule has 2 aliphatic heterocycles. The fraction of sp³-hybridized carbons (Fsp3) is 1.00. The summed E-state index contributed by atoms with van der Waals surface area (Å²) in [4.78, 5) is 2.50. The molecule has 3 nitrogen and oxygen atoms in total. The van der Waals surface area contributed by atoms with Crippen molar-refractivity contribution in [2.24, 2.45) is 5.73 Å². The van der Waals surface area contributed by atoms with Crippen LogP contribution in [0.15, 0.2) is 0 Å². The molecule has 2 rings (SSSR count). The van der Waals surface area contributed by atoms with E-state index in [0.29, 0.717) is 6.04 Å². The molecule has 2 heterocycles. The number of likely N-dealkylation sites (N-methyl/N-ethyl adjacent to an activating group) is 1. The average Bonchev–Trinajstić information content (AvgIpc) is 2.28. The Bertz CT molecular complexity index is 255. The van der Waals surface area contributed by atoms with Crippen molar-refractivity contribution in [3.8, 4) is 0 Å². The van der Waals surface area contributed by atoms with Gasteiger partial charge < -0.3 is 11.1 Å². The highest BCUT2D eigenvalue weighted by molar-refractivity contribution is 5.14. The van der Waals surface area contributed by atoms with Gasteiger partial charge in [-0.1, -0.05) is 0 Å². The van der Waals surface area contributed by atoms with Gasteiger partial charge in [-0.15, -0.1) is 0 Å². The van der Waals surface area contributed by atoms with Crippen LogP contribution in [-0.2, 0) is 0 Å². The fourth-order valence-electron chi connectivity index (χ4n) is 4.24. The van der Waals surface area contributed by atoms with Gasteiger partial charge in [0.15, 0.2) is 0 Å². The van der Waals surface area contributed by atoms with Crippen molar-refractivity contribution >= 4 is 0 Å². The smallest absolute Gasteiger partial charge is 0.0392 e. The van der Waals surface area contributed by atoms with E-state index in [1.54, 1.807) is 0 Å². The molecule has 2 saturated heterocycles. The molecule has 16 heavy (non-hydrogen) atoms. The summed E-state index contributed by atoms with van der Waals surface area (Å²) in [6, 6.07) is 0.332. The van der Waals surface area contributed by atoms with Gasteiger partial charge in [-0.05, 0) is 60.5 Å². The van der Waals surface area contributed by atoms with E-state index < -0.39 is 0 Å². The van der Waals surface area contributed by atoms with Gasteiger partial charge in [0.25, 0.3) is 0 Å². The van der Waals surface area contributed by atoms with E-state index in [2.05, 4.69) is 45.0 Å². The molecule has 0 radical (unpaired) electrons. The lowest BCUT2D eigenvalue weighted by molar-refractivity contribution is 0.0160. The summed E-state index contributed by atoms with van der Waals surface area (Å²) in [6.07, 6.45) is 3.45. The average molecular weight is 225 g/mol. The Labute approximate surface area is 99.8 Å². The first kappa shape index (κ1) is 12.3. The summed E-state index contributed by atoms with van der Waals surface area (Å²) in [5, 5.41) is 3.74. The molecule has 0 aromatic carbocycles. The number of nitrogens with zero attached hydrogens (tertiary/aromatic N) is 1. The van der Waals surface area contributed by atoms with E-state index in [1.807, 2.05) is 0 Å².